The number of alkyl halides is 1. The van der Waals surface area contributed by atoms with Gasteiger partial charge in [-0.1, -0.05) is 13.5 Å². The van der Waals surface area contributed by atoms with E-state index in [-0.39, 0.29) is 12.3 Å². The minimum absolute atomic E-state index is 0.0367. The van der Waals surface area contributed by atoms with Crippen LogP contribution in [0.25, 0.3) is 0 Å². The Morgan fingerprint density at radius 2 is 2.41 bits per heavy atom. The largest absolute Gasteiger partial charge is 0.417 e. The first kappa shape index (κ1) is 10.7. The summed E-state index contributed by atoms with van der Waals surface area (Å²) in [5, 5.41) is 0. The maximum atomic E-state index is 14.3. The van der Waals surface area contributed by atoms with E-state index in [2.05, 4.69) is 6.58 Å². The molecule has 17 heavy (non-hydrogen) atoms. The van der Waals surface area contributed by atoms with Crippen molar-refractivity contribution in [1.82, 2.24) is 0 Å². The van der Waals surface area contributed by atoms with Crippen LogP contribution in [0.15, 0.2) is 12.7 Å². The molecule has 5 nitrogen and oxygen atoms in total. The molecule has 3 aliphatic rings. The van der Waals surface area contributed by atoms with E-state index >= 15 is 0 Å². The highest BCUT2D eigenvalue weighted by Gasteiger charge is 2.81. The molecule has 0 N–H and O–H groups in total. The summed E-state index contributed by atoms with van der Waals surface area (Å²) in [5.74, 6) is -3.77. The Bertz CT molecular complexity index is 436. The van der Waals surface area contributed by atoms with Crippen molar-refractivity contribution in [2.24, 2.45) is 5.92 Å². The number of rotatable bonds is 2. The quantitative estimate of drug-likeness (QED) is 0.520. The van der Waals surface area contributed by atoms with Gasteiger partial charge in [-0.15, -0.1) is 0 Å². The lowest BCUT2D eigenvalue weighted by Crippen LogP contribution is -2.53. The van der Waals surface area contributed by atoms with E-state index in [0.717, 1.165) is 6.08 Å². The predicted octanol–water partition coefficient (Wildman–Crippen LogP) is 0.484. The number of esters is 2. The fraction of sp³-hybridized carbons (Fsp3) is 0.636. The minimum atomic E-state index is -2.18. The van der Waals surface area contributed by atoms with E-state index in [1.807, 2.05) is 0 Å². The molecule has 5 unspecified atom stereocenters. The van der Waals surface area contributed by atoms with Gasteiger partial charge < -0.3 is 14.2 Å². The van der Waals surface area contributed by atoms with Crippen LogP contribution >= 0.6 is 0 Å². The number of hydrogen-bond donors (Lipinski definition) is 0. The van der Waals surface area contributed by atoms with E-state index in [1.165, 1.54) is 0 Å². The van der Waals surface area contributed by atoms with Crippen molar-refractivity contribution in [1.29, 1.82) is 0 Å². The zero-order valence-electron chi connectivity index (χ0n) is 9.14. The van der Waals surface area contributed by atoms with Crippen LogP contribution in [0.5, 0.6) is 0 Å². The Hall–Kier alpha value is -1.43. The van der Waals surface area contributed by atoms with Crippen LogP contribution in [0.2, 0.25) is 0 Å². The van der Waals surface area contributed by atoms with Crippen molar-refractivity contribution in [3.8, 4) is 0 Å². The molecule has 2 bridgehead atoms. The van der Waals surface area contributed by atoms with Crippen LogP contribution in [0, 0.1) is 5.92 Å². The molecule has 0 aromatic carbocycles. The molecule has 3 aliphatic heterocycles. The normalized spacial score (nSPS) is 50.2. The Kier molecular flexibility index (Phi) is 1.81. The second-order valence-corrected chi connectivity index (χ2v) is 4.65. The number of hydrogen-bond acceptors (Lipinski definition) is 5. The molecule has 0 aromatic heterocycles. The van der Waals surface area contributed by atoms with Gasteiger partial charge in [0.1, 0.15) is 0 Å². The summed E-state index contributed by atoms with van der Waals surface area (Å²) in [5.41, 5.74) is -2.18. The highest BCUT2D eigenvalue weighted by atomic mass is 19.1. The first-order valence-corrected chi connectivity index (χ1v) is 5.37. The van der Waals surface area contributed by atoms with Crippen LogP contribution < -0.4 is 0 Å². The molecular weight excluding hydrogens is 231 g/mol. The van der Waals surface area contributed by atoms with E-state index < -0.39 is 35.6 Å². The first-order chi connectivity index (χ1) is 7.94. The summed E-state index contributed by atoms with van der Waals surface area (Å²) >= 11 is 0. The summed E-state index contributed by atoms with van der Waals surface area (Å²) < 4.78 is 29.7. The van der Waals surface area contributed by atoms with Gasteiger partial charge in [-0.2, -0.15) is 0 Å². The van der Waals surface area contributed by atoms with E-state index in [1.54, 1.807) is 6.92 Å². The fourth-order valence-corrected chi connectivity index (χ4v) is 2.87. The third-order valence-electron chi connectivity index (χ3n) is 3.80. The summed E-state index contributed by atoms with van der Waals surface area (Å²) in [6.45, 7) is 4.96. The molecule has 5 atom stereocenters. The SMILES string of the molecule is C=CC(=O)OC12OC(=O)C3(F)CC(OC31)C2C. The van der Waals surface area contributed by atoms with E-state index in [0.29, 0.717) is 0 Å². The lowest BCUT2D eigenvalue weighted by atomic mass is 9.79. The van der Waals surface area contributed by atoms with Crippen LogP contribution in [-0.2, 0) is 23.8 Å². The monoisotopic (exact) mass is 242 g/mol. The molecule has 92 valence electrons. The number of halogens is 1. The highest BCUT2D eigenvalue weighted by Crippen LogP contribution is 2.59. The second kappa shape index (κ2) is 2.87. The highest BCUT2D eigenvalue weighted by molar-refractivity contribution is 5.87. The van der Waals surface area contributed by atoms with Gasteiger partial charge in [-0.3, -0.25) is 0 Å². The molecule has 0 radical (unpaired) electrons. The van der Waals surface area contributed by atoms with Gasteiger partial charge in [0, 0.05) is 12.5 Å². The van der Waals surface area contributed by atoms with E-state index in [9.17, 15) is 14.0 Å². The van der Waals surface area contributed by atoms with E-state index in [4.69, 9.17) is 14.2 Å². The lowest BCUT2D eigenvalue weighted by molar-refractivity contribution is -0.230. The Balaban J connectivity index is 2.02. The average molecular weight is 242 g/mol. The van der Waals surface area contributed by atoms with Crippen LogP contribution in [-0.4, -0.2) is 35.6 Å². The molecule has 3 heterocycles. The molecule has 0 aliphatic carbocycles. The first-order valence-electron chi connectivity index (χ1n) is 5.37. The van der Waals surface area contributed by atoms with Crippen molar-refractivity contribution >= 4 is 11.9 Å². The summed E-state index contributed by atoms with van der Waals surface area (Å²) in [7, 11) is 0. The van der Waals surface area contributed by atoms with Crippen LogP contribution in [0.3, 0.4) is 0 Å². The molecule has 0 amide bonds. The number of carbonyl (C=O) groups excluding carboxylic acids is 2. The van der Waals surface area contributed by atoms with Crippen molar-refractivity contribution in [3.05, 3.63) is 12.7 Å². The van der Waals surface area contributed by atoms with Crippen molar-refractivity contribution in [2.75, 3.05) is 0 Å². The average Bonchev–Trinajstić information content (AvgIpc) is 2.80. The smallest absolute Gasteiger partial charge is 0.350 e. The Labute approximate surface area is 96.5 Å². The minimum Gasteiger partial charge on any atom is -0.417 e. The van der Waals surface area contributed by atoms with Crippen molar-refractivity contribution < 1.29 is 28.2 Å². The molecule has 0 saturated carbocycles. The standard InChI is InChI=1S/C11H11FO5/c1-3-7(13)16-11-5(2)6-4-10(12,8(11)15-6)9(14)17-11/h3,5-6,8H,1,4H2,2H3. The summed E-state index contributed by atoms with van der Waals surface area (Å²) in [6.07, 6.45) is -0.717. The molecule has 6 heteroatoms. The second-order valence-electron chi connectivity index (χ2n) is 4.65. The molecular formula is C11H11FO5. The number of carbonyl (C=O) groups is 2. The van der Waals surface area contributed by atoms with Gasteiger partial charge in [0.05, 0.1) is 12.0 Å². The summed E-state index contributed by atoms with van der Waals surface area (Å²) in [6, 6.07) is 0. The number of ether oxygens (including phenoxy) is 3. The maximum Gasteiger partial charge on any atom is 0.350 e. The predicted molar refractivity (Wildman–Crippen MR) is 51.4 cm³/mol. The number of fused-ring (bicyclic) bond motifs is 1. The molecule has 3 fully saturated rings. The summed E-state index contributed by atoms with van der Waals surface area (Å²) in [4.78, 5) is 22.8. The van der Waals surface area contributed by atoms with Gasteiger partial charge in [-0.05, 0) is 0 Å². The van der Waals surface area contributed by atoms with Crippen molar-refractivity contribution in [2.45, 2.75) is 37.0 Å². The zero-order chi connectivity index (χ0) is 12.4. The fourth-order valence-electron chi connectivity index (χ4n) is 2.87. The molecule has 0 aromatic rings. The lowest BCUT2D eigenvalue weighted by Gasteiger charge is -2.32. The van der Waals surface area contributed by atoms with Gasteiger partial charge in [0.2, 0.25) is 5.67 Å². The Morgan fingerprint density at radius 3 is 3.00 bits per heavy atom. The van der Waals surface area contributed by atoms with Crippen LogP contribution in [0.1, 0.15) is 13.3 Å². The zero-order valence-corrected chi connectivity index (χ0v) is 9.14. The third-order valence-corrected chi connectivity index (χ3v) is 3.80. The maximum absolute atomic E-state index is 14.3. The molecule has 3 rings (SSSR count). The Morgan fingerprint density at radius 1 is 1.71 bits per heavy atom. The topological polar surface area (TPSA) is 61.8 Å². The van der Waals surface area contributed by atoms with Gasteiger partial charge in [0.25, 0.3) is 5.79 Å². The molecule has 3 saturated heterocycles. The third kappa shape index (κ3) is 1.02. The van der Waals surface area contributed by atoms with Crippen molar-refractivity contribution in [3.63, 3.8) is 0 Å². The van der Waals surface area contributed by atoms with Crippen LogP contribution in [0.4, 0.5) is 4.39 Å². The van der Waals surface area contributed by atoms with Gasteiger partial charge in [-0.25, -0.2) is 14.0 Å². The molecule has 0 spiro atoms. The van der Waals surface area contributed by atoms with Gasteiger partial charge in [0.15, 0.2) is 6.10 Å². The van der Waals surface area contributed by atoms with Gasteiger partial charge >= 0.3 is 11.9 Å².